The average molecular weight is 429 g/mol. The summed E-state index contributed by atoms with van der Waals surface area (Å²) in [6, 6.07) is 18.0. The molecule has 0 radical (unpaired) electrons. The zero-order chi connectivity index (χ0) is 22.2. The van der Waals surface area contributed by atoms with E-state index in [9.17, 15) is 13.6 Å². The highest BCUT2D eigenvalue weighted by Crippen LogP contribution is 2.32. The van der Waals surface area contributed by atoms with Crippen molar-refractivity contribution < 1.29 is 32.5 Å². The van der Waals surface area contributed by atoms with Crippen LogP contribution < -0.4 is 24.3 Å². The number of hydrogen-bond acceptors (Lipinski definition) is 5. The van der Waals surface area contributed by atoms with Crippen LogP contribution in [-0.2, 0) is 0 Å². The molecule has 31 heavy (non-hydrogen) atoms. The second-order valence-electron chi connectivity index (χ2n) is 6.20. The number of carbonyl (C=O) groups excluding carboxylic acids is 1. The molecule has 0 saturated heterocycles. The number of carbonyl (C=O) groups is 1. The van der Waals surface area contributed by atoms with Gasteiger partial charge in [-0.1, -0.05) is 12.1 Å². The molecule has 0 unspecified atom stereocenters. The van der Waals surface area contributed by atoms with Gasteiger partial charge in [-0.05, 0) is 61.5 Å². The van der Waals surface area contributed by atoms with E-state index in [4.69, 9.17) is 14.2 Å². The normalized spacial score (nSPS) is 10.5. The van der Waals surface area contributed by atoms with Crippen LogP contribution in [-0.4, -0.2) is 26.2 Å². The maximum Gasteiger partial charge on any atom is 0.387 e. The summed E-state index contributed by atoms with van der Waals surface area (Å²) >= 11 is 0. The molecule has 0 aliphatic carbocycles. The van der Waals surface area contributed by atoms with Gasteiger partial charge in [-0.25, -0.2) is 0 Å². The van der Waals surface area contributed by atoms with Crippen molar-refractivity contribution in [3.8, 4) is 28.7 Å². The first-order chi connectivity index (χ1) is 15.0. The van der Waals surface area contributed by atoms with Gasteiger partial charge in [0, 0.05) is 5.56 Å². The minimum atomic E-state index is -3.00. The Bertz CT molecular complexity index is 1020. The molecule has 0 heterocycles. The van der Waals surface area contributed by atoms with E-state index in [2.05, 4.69) is 10.1 Å². The van der Waals surface area contributed by atoms with E-state index >= 15 is 0 Å². The van der Waals surface area contributed by atoms with Gasteiger partial charge in [0.05, 0.1) is 19.4 Å². The highest BCUT2D eigenvalue weighted by Gasteiger charge is 2.16. The smallest absolute Gasteiger partial charge is 0.387 e. The molecule has 162 valence electrons. The zero-order valence-corrected chi connectivity index (χ0v) is 16.9. The molecule has 0 fully saturated rings. The molecule has 8 heteroatoms. The first-order valence-electron chi connectivity index (χ1n) is 9.44. The summed E-state index contributed by atoms with van der Waals surface area (Å²) in [4.78, 5) is 12.7. The standard InChI is InChI=1S/C23H21F2NO5/c1-3-29-16-9-11-17(12-10-16)30-19-7-5-4-6-18(19)26-22(27)15-8-13-20(31-23(24)25)21(14-15)28-2/h4-14,23H,3H2,1-2H3,(H,26,27). The van der Waals surface area contributed by atoms with E-state index < -0.39 is 12.5 Å². The lowest BCUT2D eigenvalue weighted by atomic mass is 10.1. The quantitative estimate of drug-likeness (QED) is 0.470. The number of anilines is 1. The Morgan fingerprint density at radius 1 is 0.935 bits per heavy atom. The van der Waals surface area contributed by atoms with Crippen molar-refractivity contribution in [2.45, 2.75) is 13.5 Å². The Hall–Kier alpha value is -3.81. The van der Waals surface area contributed by atoms with Crippen LogP contribution in [0, 0.1) is 0 Å². The lowest BCUT2D eigenvalue weighted by molar-refractivity contribution is -0.0512. The van der Waals surface area contributed by atoms with E-state index in [-0.39, 0.29) is 17.1 Å². The van der Waals surface area contributed by atoms with Crippen LogP contribution >= 0.6 is 0 Å². The number of ether oxygens (including phenoxy) is 4. The molecule has 0 bridgehead atoms. The molecule has 0 aliphatic heterocycles. The van der Waals surface area contributed by atoms with Crippen LogP contribution in [0.25, 0.3) is 0 Å². The second kappa shape index (κ2) is 10.3. The number of nitrogens with one attached hydrogen (secondary N) is 1. The number of methoxy groups -OCH3 is 1. The van der Waals surface area contributed by atoms with E-state index in [0.717, 1.165) is 5.75 Å². The van der Waals surface area contributed by atoms with Gasteiger partial charge in [0.25, 0.3) is 5.91 Å². The number of halogens is 2. The van der Waals surface area contributed by atoms with Crippen LogP contribution in [0.4, 0.5) is 14.5 Å². The Kier molecular flexibility index (Phi) is 7.26. The number of para-hydroxylation sites is 2. The fourth-order valence-corrected chi connectivity index (χ4v) is 2.75. The summed E-state index contributed by atoms with van der Waals surface area (Å²) in [5, 5.41) is 2.76. The maximum atomic E-state index is 12.7. The van der Waals surface area contributed by atoms with Crippen molar-refractivity contribution in [1.29, 1.82) is 0 Å². The summed E-state index contributed by atoms with van der Waals surface area (Å²) < 4.78 is 45.7. The number of amides is 1. The SMILES string of the molecule is CCOc1ccc(Oc2ccccc2NC(=O)c2ccc(OC(F)F)c(OC)c2)cc1. The van der Waals surface area contributed by atoms with Crippen LogP contribution in [0.3, 0.4) is 0 Å². The molecular weight excluding hydrogens is 408 g/mol. The molecule has 0 spiro atoms. The van der Waals surface area contributed by atoms with Gasteiger partial charge in [-0.2, -0.15) is 8.78 Å². The van der Waals surface area contributed by atoms with Crippen molar-refractivity contribution in [3.63, 3.8) is 0 Å². The van der Waals surface area contributed by atoms with Gasteiger partial charge in [0.2, 0.25) is 0 Å². The number of rotatable bonds is 9. The van der Waals surface area contributed by atoms with Crippen molar-refractivity contribution in [2.24, 2.45) is 0 Å². The van der Waals surface area contributed by atoms with Crippen LogP contribution in [0.5, 0.6) is 28.7 Å². The third kappa shape index (κ3) is 5.85. The molecule has 1 amide bonds. The molecule has 0 aliphatic rings. The molecule has 3 aromatic carbocycles. The van der Waals surface area contributed by atoms with E-state index in [1.807, 2.05) is 6.92 Å². The van der Waals surface area contributed by atoms with Gasteiger partial charge >= 0.3 is 6.61 Å². The summed E-state index contributed by atoms with van der Waals surface area (Å²) in [6.07, 6.45) is 0. The fraction of sp³-hybridized carbons (Fsp3) is 0.174. The topological polar surface area (TPSA) is 66.0 Å². The van der Waals surface area contributed by atoms with Gasteiger partial charge in [0.15, 0.2) is 17.2 Å². The minimum absolute atomic E-state index is 0.0203. The summed E-state index contributed by atoms with van der Waals surface area (Å²) in [7, 11) is 1.30. The van der Waals surface area contributed by atoms with Gasteiger partial charge in [-0.3, -0.25) is 4.79 Å². The van der Waals surface area contributed by atoms with Gasteiger partial charge < -0.3 is 24.3 Å². The molecule has 3 aromatic rings. The number of benzene rings is 3. The second-order valence-corrected chi connectivity index (χ2v) is 6.20. The highest BCUT2D eigenvalue weighted by atomic mass is 19.3. The Labute approximate surface area is 178 Å². The molecule has 0 saturated carbocycles. The lowest BCUT2D eigenvalue weighted by Gasteiger charge is -2.14. The molecule has 0 aromatic heterocycles. The predicted octanol–water partition coefficient (Wildman–Crippen LogP) is 5.74. The minimum Gasteiger partial charge on any atom is -0.494 e. The van der Waals surface area contributed by atoms with E-state index in [1.165, 1.54) is 25.3 Å². The van der Waals surface area contributed by atoms with Gasteiger partial charge in [0.1, 0.15) is 11.5 Å². The monoisotopic (exact) mass is 429 g/mol. The molecule has 3 rings (SSSR count). The first kappa shape index (κ1) is 21.9. The van der Waals surface area contributed by atoms with Crippen molar-refractivity contribution in [2.75, 3.05) is 19.0 Å². The molecule has 0 atom stereocenters. The third-order valence-electron chi connectivity index (χ3n) is 4.14. The Morgan fingerprint density at radius 2 is 1.65 bits per heavy atom. The average Bonchev–Trinajstić information content (AvgIpc) is 2.76. The van der Waals surface area contributed by atoms with Crippen molar-refractivity contribution in [1.82, 2.24) is 0 Å². The number of alkyl halides is 2. The first-order valence-corrected chi connectivity index (χ1v) is 9.44. The van der Waals surface area contributed by atoms with Crippen molar-refractivity contribution >= 4 is 11.6 Å². The van der Waals surface area contributed by atoms with Crippen LogP contribution in [0.1, 0.15) is 17.3 Å². The van der Waals surface area contributed by atoms with Crippen LogP contribution in [0.15, 0.2) is 66.7 Å². The molecule has 1 N–H and O–H groups in total. The zero-order valence-electron chi connectivity index (χ0n) is 16.9. The summed E-state index contributed by atoms with van der Waals surface area (Å²) in [6.45, 7) is -0.534. The molecule has 6 nitrogen and oxygen atoms in total. The summed E-state index contributed by atoms with van der Waals surface area (Å²) in [5.41, 5.74) is 0.641. The van der Waals surface area contributed by atoms with Crippen LogP contribution in [0.2, 0.25) is 0 Å². The van der Waals surface area contributed by atoms with Gasteiger partial charge in [-0.15, -0.1) is 0 Å². The lowest BCUT2D eigenvalue weighted by Crippen LogP contribution is -2.13. The highest BCUT2D eigenvalue weighted by molar-refractivity contribution is 6.05. The fourth-order valence-electron chi connectivity index (χ4n) is 2.75. The Balaban J connectivity index is 1.76. The maximum absolute atomic E-state index is 12.7. The number of hydrogen-bond donors (Lipinski definition) is 1. The van der Waals surface area contributed by atoms with E-state index in [0.29, 0.717) is 23.8 Å². The summed E-state index contributed by atoms with van der Waals surface area (Å²) in [5.74, 6) is 1.12. The molecular formula is C23H21F2NO5. The predicted molar refractivity (Wildman–Crippen MR) is 112 cm³/mol. The van der Waals surface area contributed by atoms with E-state index in [1.54, 1.807) is 48.5 Å². The largest absolute Gasteiger partial charge is 0.494 e. The Morgan fingerprint density at radius 3 is 2.32 bits per heavy atom. The third-order valence-corrected chi connectivity index (χ3v) is 4.14. The van der Waals surface area contributed by atoms with Crippen molar-refractivity contribution in [3.05, 3.63) is 72.3 Å².